The van der Waals surface area contributed by atoms with Gasteiger partial charge < -0.3 is 19.5 Å². The number of methoxy groups -OCH3 is 2. The van der Waals surface area contributed by atoms with Crippen molar-refractivity contribution in [2.45, 2.75) is 6.18 Å². The van der Waals surface area contributed by atoms with Gasteiger partial charge in [-0.15, -0.1) is 0 Å². The number of ether oxygens (including phenoxy) is 3. The molecule has 2 N–H and O–H groups in total. The van der Waals surface area contributed by atoms with Crippen LogP contribution in [0.4, 0.5) is 18.9 Å². The van der Waals surface area contributed by atoms with Crippen LogP contribution in [0, 0.1) is 0 Å². The summed E-state index contributed by atoms with van der Waals surface area (Å²) < 4.78 is 54.1. The molecule has 0 aliphatic rings. The second-order valence-electron chi connectivity index (χ2n) is 7.26. The van der Waals surface area contributed by atoms with Crippen molar-refractivity contribution in [2.75, 3.05) is 19.5 Å². The molecule has 2 amide bonds. The SMILES string of the molecule is COc1cccc(C(=O)Oc2ccc(C=NNC(=O)C(=O)Nc3cccc(C(F)(F)F)c3)cc2OC)c1. The van der Waals surface area contributed by atoms with Crippen LogP contribution in [-0.2, 0) is 15.8 Å². The standard InChI is InChI=1S/C25H20F3N3O6/c1-35-19-8-3-5-16(12-19)24(34)37-20-10-9-15(11-21(20)36-2)14-29-31-23(33)22(32)30-18-7-4-6-17(13-18)25(26,27)28/h3-14H,1-2H3,(H,30,32)(H,31,33). The first kappa shape index (κ1) is 26.7. The minimum absolute atomic E-state index is 0.122. The Kier molecular flexibility index (Phi) is 8.46. The number of carbonyl (C=O) groups is 3. The van der Waals surface area contributed by atoms with E-state index in [1.54, 1.807) is 18.2 Å². The number of hydrogen-bond acceptors (Lipinski definition) is 7. The van der Waals surface area contributed by atoms with Crippen LogP contribution in [0.1, 0.15) is 21.5 Å². The number of hydrogen-bond donors (Lipinski definition) is 2. The van der Waals surface area contributed by atoms with Crippen LogP contribution in [0.2, 0.25) is 0 Å². The molecule has 0 radical (unpaired) electrons. The van der Waals surface area contributed by atoms with Gasteiger partial charge in [-0.1, -0.05) is 12.1 Å². The maximum atomic E-state index is 12.8. The lowest BCUT2D eigenvalue weighted by Crippen LogP contribution is -2.32. The number of nitrogens with zero attached hydrogens (tertiary/aromatic N) is 1. The molecule has 0 fully saturated rings. The summed E-state index contributed by atoms with van der Waals surface area (Å²) in [5.74, 6) is -2.26. The summed E-state index contributed by atoms with van der Waals surface area (Å²) in [6, 6.07) is 14.6. The number of nitrogens with one attached hydrogen (secondary N) is 2. The maximum Gasteiger partial charge on any atom is 0.416 e. The first-order chi connectivity index (χ1) is 17.6. The van der Waals surface area contributed by atoms with Gasteiger partial charge in [-0.05, 0) is 60.2 Å². The van der Waals surface area contributed by atoms with Crippen LogP contribution in [0.3, 0.4) is 0 Å². The Balaban J connectivity index is 1.61. The van der Waals surface area contributed by atoms with Crippen molar-refractivity contribution in [1.82, 2.24) is 5.43 Å². The Morgan fingerprint density at radius 1 is 0.865 bits per heavy atom. The normalized spacial score (nSPS) is 11.1. The summed E-state index contributed by atoms with van der Waals surface area (Å²) in [7, 11) is 2.83. The number of alkyl halides is 3. The Morgan fingerprint density at radius 3 is 2.32 bits per heavy atom. The second-order valence-corrected chi connectivity index (χ2v) is 7.26. The predicted octanol–water partition coefficient (Wildman–Crippen LogP) is 4.03. The smallest absolute Gasteiger partial charge is 0.416 e. The molecule has 0 saturated heterocycles. The fourth-order valence-corrected chi connectivity index (χ4v) is 2.93. The lowest BCUT2D eigenvalue weighted by Gasteiger charge is -2.10. The monoisotopic (exact) mass is 515 g/mol. The van der Waals surface area contributed by atoms with E-state index in [-0.39, 0.29) is 22.7 Å². The van der Waals surface area contributed by atoms with Gasteiger partial charge in [-0.3, -0.25) is 9.59 Å². The molecule has 0 atom stereocenters. The number of halogens is 3. The van der Waals surface area contributed by atoms with E-state index in [0.29, 0.717) is 17.4 Å². The molecule has 0 aliphatic heterocycles. The van der Waals surface area contributed by atoms with Gasteiger partial charge in [-0.25, -0.2) is 10.2 Å². The summed E-state index contributed by atoms with van der Waals surface area (Å²) in [5, 5.41) is 5.72. The molecule has 0 spiro atoms. The van der Waals surface area contributed by atoms with E-state index in [2.05, 4.69) is 10.4 Å². The van der Waals surface area contributed by atoms with Gasteiger partial charge >= 0.3 is 24.0 Å². The van der Waals surface area contributed by atoms with Crippen LogP contribution in [0.15, 0.2) is 71.8 Å². The van der Waals surface area contributed by atoms with Gasteiger partial charge in [0.05, 0.1) is 31.6 Å². The van der Waals surface area contributed by atoms with Crippen LogP contribution >= 0.6 is 0 Å². The van der Waals surface area contributed by atoms with Crippen molar-refractivity contribution < 1.29 is 41.8 Å². The van der Waals surface area contributed by atoms with E-state index in [1.165, 1.54) is 50.8 Å². The third-order valence-electron chi connectivity index (χ3n) is 4.73. The molecule has 0 saturated carbocycles. The third kappa shape index (κ3) is 7.31. The molecule has 0 aromatic heterocycles. The van der Waals surface area contributed by atoms with Gasteiger partial charge in [-0.2, -0.15) is 18.3 Å². The first-order valence-corrected chi connectivity index (χ1v) is 10.5. The summed E-state index contributed by atoms with van der Waals surface area (Å²) in [6.45, 7) is 0. The number of esters is 1. The van der Waals surface area contributed by atoms with Crippen LogP contribution in [-0.4, -0.2) is 38.2 Å². The van der Waals surface area contributed by atoms with E-state index < -0.39 is 29.5 Å². The molecule has 3 aromatic rings. The Hall–Kier alpha value is -4.87. The fraction of sp³-hybridized carbons (Fsp3) is 0.120. The molecule has 12 heteroatoms. The topological polar surface area (TPSA) is 115 Å². The number of carbonyl (C=O) groups excluding carboxylic acids is 3. The van der Waals surface area contributed by atoms with E-state index in [4.69, 9.17) is 14.2 Å². The first-order valence-electron chi connectivity index (χ1n) is 10.5. The average molecular weight is 515 g/mol. The quantitative estimate of drug-likeness (QED) is 0.161. The van der Waals surface area contributed by atoms with Crippen LogP contribution in [0.25, 0.3) is 0 Å². The zero-order valence-electron chi connectivity index (χ0n) is 19.5. The predicted molar refractivity (Wildman–Crippen MR) is 127 cm³/mol. The van der Waals surface area contributed by atoms with Gasteiger partial charge in [0.25, 0.3) is 0 Å². The molecule has 0 unspecified atom stereocenters. The maximum absolute atomic E-state index is 12.8. The van der Waals surface area contributed by atoms with Crippen molar-refractivity contribution in [3.63, 3.8) is 0 Å². The van der Waals surface area contributed by atoms with E-state index in [9.17, 15) is 27.6 Å². The Labute approximate surface area is 208 Å². The second kappa shape index (κ2) is 11.7. The molecule has 192 valence electrons. The number of rotatable bonds is 7. The molecule has 3 rings (SSSR count). The lowest BCUT2D eigenvalue weighted by molar-refractivity contribution is -0.137. The summed E-state index contributed by atoms with van der Waals surface area (Å²) in [4.78, 5) is 36.4. The van der Waals surface area contributed by atoms with Crippen molar-refractivity contribution >= 4 is 29.7 Å². The largest absolute Gasteiger partial charge is 0.497 e. The Bertz CT molecular complexity index is 1340. The van der Waals surface area contributed by atoms with Gasteiger partial charge in [0.2, 0.25) is 0 Å². The van der Waals surface area contributed by atoms with Crippen molar-refractivity contribution in [3.8, 4) is 17.2 Å². The summed E-state index contributed by atoms with van der Waals surface area (Å²) >= 11 is 0. The molecule has 37 heavy (non-hydrogen) atoms. The van der Waals surface area contributed by atoms with Gasteiger partial charge in [0.15, 0.2) is 11.5 Å². The lowest BCUT2D eigenvalue weighted by atomic mass is 10.2. The molecule has 3 aromatic carbocycles. The molecule has 0 aliphatic carbocycles. The molecule has 0 bridgehead atoms. The van der Waals surface area contributed by atoms with E-state index in [1.807, 2.05) is 5.43 Å². The highest BCUT2D eigenvalue weighted by atomic mass is 19.4. The molecular formula is C25H20F3N3O6. The number of anilines is 1. The summed E-state index contributed by atoms with van der Waals surface area (Å²) in [5.41, 5.74) is 1.46. The summed E-state index contributed by atoms with van der Waals surface area (Å²) in [6.07, 6.45) is -3.41. The van der Waals surface area contributed by atoms with Crippen molar-refractivity contribution in [1.29, 1.82) is 0 Å². The van der Waals surface area contributed by atoms with Crippen LogP contribution < -0.4 is 25.0 Å². The number of amides is 2. The minimum Gasteiger partial charge on any atom is -0.497 e. The minimum atomic E-state index is -4.60. The van der Waals surface area contributed by atoms with Crippen LogP contribution in [0.5, 0.6) is 17.2 Å². The average Bonchev–Trinajstić information content (AvgIpc) is 2.88. The molecular weight excluding hydrogens is 495 g/mol. The zero-order valence-corrected chi connectivity index (χ0v) is 19.5. The van der Waals surface area contributed by atoms with Crippen molar-refractivity contribution in [3.05, 3.63) is 83.4 Å². The molecule has 0 heterocycles. The van der Waals surface area contributed by atoms with Gasteiger partial charge in [0.1, 0.15) is 5.75 Å². The number of benzene rings is 3. The Morgan fingerprint density at radius 2 is 1.62 bits per heavy atom. The number of hydrazone groups is 1. The van der Waals surface area contributed by atoms with E-state index >= 15 is 0 Å². The van der Waals surface area contributed by atoms with Crippen molar-refractivity contribution in [2.24, 2.45) is 5.10 Å². The van der Waals surface area contributed by atoms with E-state index in [0.717, 1.165) is 12.1 Å². The highest BCUT2D eigenvalue weighted by Crippen LogP contribution is 2.31. The highest BCUT2D eigenvalue weighted by molar-refractivity contribution is 6.39. The zero-order chi connectivity index (χ0) is 27.0. The third-order valence-corrected chi connectivity index (χ3v) is 4.73. The molecule has 9 nitrogen and oxygen atoms in total. The van der Waals surface area contributed by atoms with Gasteiger partial charge in [0, 0.05) is 5.69 Å². The fourth-order valence-electron chi connectivity index (χ4n) is 2.93. The highest BCUT2D eigenvalue weighted by Gasteiger charge is 2.30.